The van der Waals surface area contributed by atoms with Gasteiger partial charge in [0.15, 0.2) is 11.5 Å². The number of nitrogens with zero attached hydrogens (tertiary/aromatic N) is 1. The number of ketones is 1. The number of rotatable bonds is 4. The number of aromatic hydroxyl groups is 1. The van der Waals surface area contributed by atoms with Crippen LogP contribution in [-0.4, -0.2) is 21.9 Å². The minimum absolute atomic E-state index is 0.00540. The van der Waals surface area contributed by atoms with E-state index in [-0.39, 0.29) is 28.5 Å². The van der Waals surface area contributed by atoms with Crippen molar-refractivity contribution in [2.24, 2.45) is 0 Å². The van der Waals surface area contributed by atoms with Gasteiger partial charge in [0, 0.05) is 12.1 Å². The molecule has 1 amide bonds. The number of hydrogen-bond acceptors (Lipinski definition) is 4. The lowest BCUT2D eigenvalue weighted by atomic mass is 9.94. The Morgan fingerprint density at radius 2 is 1.85 bits per heavy atom. The number of aliphatic hydroxyl groups excluding tert-OH is 1. The number of aliphatic hydroxyl groups is 1. The van der Waals surface area contributed by atoms with Crippen LogP contribution >= 0.6 is 23.2 Å². The quantitative estimate of drug-likeness (QED) is 0.799. The zero-order valence-electron chi connectivity index (χ0n) is 13.7. The first-order valence-electron chi connectivity index (χ1n) is 7.89. The molecule has 1 aliphatic heterocycles. The lowest BCUT2D eigenvalue weighted by molar-refractivity contribution is -0.118. The van der Waals surface area contributed by atoms with Gasteiger partial charge in [-0.25, -0.2) is 0 Å². The van der Waals surface area contributed by atoms with Crippen LogP contribution in [-0.2, 0) is 9.59 Å². The average Bonchev–Trinajstić information content (AvgIpc) is 2.88. The minimum Gasteiger partial charge on any atom is -0.508 e. The second-order valence-electron chi connectivity index (χ2n) is 5.81. The van der Waals surface area contributed by atoms with E-state index >= 15 is 0 Å². The molecule has 5 nitrogen and oxygen atoms in total. The van der Waals surface area contributed by atoms with Gasteiger partial charge in [-0.1, -0.05) is 42.3 Å². The summed E-state index contributed by atoms with van der Waals surface area (Å²) in [6, 6.07) is 9.93. The first-order chi connectivity index (χ1) is 12.3. The number of halogens is 2. The van der Waals surface area contributed by atoms with Crippen LogP contribution in [0.2, 0.25) is 10.0 Å². The summed E-state index contributed by atoms with van der Waals surface area (Å²) in [7, 11) is 0. The number of hydrogen-bond donors (Lipinski definition) is 2. The molecule has 0 radical (unpaired) electrons. The fourth-order valence-corrected chi connectivity index (χ4v) is 3.28. The summed E-state index contributed by atoms with van der Waals surface area (Å²) in [4.78, 5) is 26.4. The molecule has 0 aliphatic carbocycles. The third-order valence-corrected chi connectivity index (χ3v) is 4.94. The molecule has 1 heterocycles. The highest BCUT2D eigenvalue weighted by Gasteiger charge is 2.44. The number of Topliss-reactive ketones (excluding diaryl/α,β-unsaturated/α-hetero) is 1. The maximum Gasteiger partial charge on any atom is 0.294 e. The van der Waals surface area contributed by atoms with Gasteiger partial charge in [0.1, 0.15) is 5.75 Å². The largest absolute Gasteiger partial charge is 0.508 e. The van der Waals surface area contributed by atoms with Crippen LogP contribution in [0, 0.1) is 0 Å². The predicted molar refractivity (Wildman–Crippen MR) is 99.7 cm³/mol. The summed E-state index contributed by atoms with van der Waals surface area (Å²) in [6.07, 6.45) is 0.122. The van der Waals surface area contributed by atoms with E-state index in [4.69, 9.17) is 23.2 Å². The van der Waals surface area contributed by atoms with Crippen molar-refractivity contribution in [3.8, 4) is 5.75 Å². The molecule has 26 heavy (non-hydrogen) atoms. The topological polar surface area (TPSA) is 77.8 Å². The van der Waals surface area contributed by atoms with E-state index in [2.05, 4.69) is 0 Å². The van der Waals surface area contributed by atoms with E-state index < -0.39 is 17.7 Å². The average molecular weight is 392 g/mol. The summed E-state index contributed by atoms with van der Waals surface area (Å²) >= 11 is 12.0. The van der Waals surface area contributed by atoms with Gasteiger partial charge >= 0.3 is 0 Å². The standard InChI is InChI=1S/C19H15Cl2NO4/c1-2-15(24)16-17(10-4-3-5-12(23)8-10)22(19(26)18(16)25)11-6-7-13(20)14(21)9-11/h3-9,17,23,25H,2H2,1H3. The fraction of sp³-hybridized carbons (Fsp3) is 0.158. The van der Waals surface area contributed by atoms with E-state index in [0.29, 0.717) is 16.3 Å². The Bertz CT molecular complexity index is 939. The molecule has 1 aliphatic rings. The highest BCUT2D eigenvalue weighted by atomic mass is 35.5. The van der Waals surface area contributed by atoms with Crippen LogP contribution < -0.4 is 4.90 Å². The lowest BCUT2D eigenvalue weighted by Crippen LogP contribution is -2.31. The molecule has 0 saturated carbocycles. The monoisotopic (exact) mass is 391 g/mol. The summed E-state index contributed by atoms with van der Waals surface area (Å²) in [6.45, 7) is 1.65. The van der Waals surface area contributed by atoms with E-state index in [0.717, 1.165) is 0 Å². The molecule has 2 aromatic rings. The SMILES string of the molecule is CCC(=O)C1=C(O)C(=O)N(c2ccc(Cl)c(Cl)c2)C1c1cccc(O)c1. The van der Waals surface area contributed by atoms with Crippen molar-refractivity contribution in [2.75, 3.05) is 4.90 Å². The van der Waals surface area contributed by atoms with Crippen LogP contribution in [0.25, 0.3) is 0 Å². The molecule has 2 aromatic carbocycles. The van der Waals surface area contributed by atoms with Gasteiger partial charge in [-0.3, -0.25) is 14.5 Å². The van der Waals surface area contributed by atoms with Gasteiger partial charge in [0.25, 0.3) is 5.91 Å². The van der Waals surface area contributed by atoms with E-state index in [1.165, 1.54) is 29.2 Å². The number of anilines is 1. The van der Waals surface area contributed by atoms with Gasteiger partial charge < -0.3 is 10.2 Å². The van der Waals surface area contributed by atoms with Crippen LogP contribution in [0.3, 0.4) is 0 Å². The highest BCUT2D eigenvalue weighted by Crippen LogP contribution is 2.43. The van der Waals surface area contributed by atoms with Crippen LogP contribution in [0.15, 0.2) is 53.8 Å². The van der Waals surface area contributed by atoms with E-state index in [9.17, 15) is 19.8 Å². The van der Waals surface area contributed by atoms with Crippen molar-refractivity contribution >= 4 is 40.6 Å². The molecule has 1 atom stereocenters. The van der Waals surface area contributed by atoms with E-state index in [1.807, 2.05) is 0 Å². The Kier molecular flexibility index (Phi) is 4.94. The van der Waals surface area contributed by atoms with Crippen LogP contribution in [0.4, 0.5) is 5.69 Å². The second kappa shape index (κ2) is 7.02. The number of carbonyl (C=O) groups is 2. The summed E-state index contributed by atoms with van der Waals surface area (Å²) in [5.41, 5.74) is 0.864. The Balaban J connectivity index is 2.20. The van der Waals surface area contributed by atoms with Gasteiger partial charge in [-0.05, 0) is 35.9 Å². The summed E-state index contributed by atoms with van der Waals surface area (Å²) < 4.78 is 0. The number of phenolic OH excluding ortho intramolecular Hbond substituents is 1. The number of phenols is 1. The molecule has 2 N–H and O–H groups in total. The predicted octanol–water partition coefficient (Wildman–Crippen LogP) is 4.58. The molecule has 0 fully saturated rings. The Labute approximate surface area is 160 Å². The van der Waals surface area contributed by atoms with Crippen molar-refractivity contribution in [2.45, 2.75) is 19.4 Å². The minimum atomic E-state index is -0.876. The third kappa shape index (κ3) is 3.04. The highest BCUT2D eigenvalue weighted by molar-refractivity contribution is 6.42. The zero-order chi connectivity index (χ0) is 19.0. The molecule has 1 unspecified atom stereocenters. The molecule has 0 bridgehead atoms. The fourth-order valence-electron chi connectivity index (χ4n) is 2.99. The Hall–Kier alpha value is -2.50. The molecule has 0 aromatic heterocycles. The van der Waals surface area contributed by atoms with Gasteiger partial charge in [0.2, 0.25) is 0 Å². The van der Waals surface area contributed by atoms with Crippen LogP contribution in [0.1, 0.15) is 24.9 Å². The Morgan fingerprint density at radius 3 is 2.46 bits per heavy atom. The molecule has 0 spiro atoms. The van der Waals surface area contributed by atoms with Gasteiger partial charge in [-0.15, -0.1) is 0 Å². The molecule has 134 valence electrons. The maximum atomic E-state index is 12.7. The molecular formula is C19H15Cl2NO4. The maximum absolute atomic E-state index is 12.7. The first-order valence-corrected chi connectivity index (χ1v) is 8.64. The van der Waals surface area contributed by atoms with Crippen LogP contribution in [0.5, 0.6) is 5.75 Å². The van der Waals surface area contributed by atoms with E-state index in [1.54, 1.807) is 25.1 Å². The van der Waals surface area contributed by atoms with Crippen molar-refractivity contribution in [3.05, 3.63) is 69.4 Å². The normalized spacial score (nSPS) is 17.1. The first kappa shape index (κ1) is 18.3. The smallest absolute Gasteiger partial charge is 0.294 e. The summed E-state index contributed by atoms with van der Waals surface area (Å²) in [5, 5.41) is 20.7. The molecule has 3 rings (SSSR count). The van der Waals surface area contributed by atoms with Gasteiger partial charge in [0.05, 0.1) is 21.7 Å². The number of amides is 1. The van der Waals surface area contributed by atoms with Crippen molar-refractivity contribution in [1.29, 1.82) is 0 Å². The third-order valence-electron chi connectivity index (χ3n) is 4.20. The van der Waals surface area contributed by atoms with Gasteiger partial charge in [-0.2, -0.15) is 0 Å². The van der Waals surface area contributed by atoms with Crippen molar-refractivity contribution in [3.63, 3.8) is 0 Å². The molecule has 0 saturated heterocycles. The Morgan fingerprint density at radius 1 is 1.12 bits per heavy atom. The number of benzene rings is 2. The zero-order valence-corrected chi connectivity index (χ0v) is 15.3. The molecule has 7 heteroatoms. The second-order valence-corrected chi connectivity index (χ2v) is 6.62. The molecular weight excluding hydrogens is 377 g/mol. The number of carbonyl (C=O) groups excluding carboxylic acids is 2. The summed E-state index contributed by atoms with van der Waals surface area (Å²) in [5.74, 6) is -1.68. The van der Waals surface area contributed by atoms with Crippen molar-refractivity contribution < 1.29 is 19.8 Å². The van der Waals surface area contributed by atoms with Crippen molar-refractivity contribution in [1.82, 2.24) is 0 Å². The lowest BCUT2D eigenvalue weighted by Gasteiger charge is -2.27.